The Hall–Kier alpha value is -1.26. The third-order valence-corrected chi connectivity index (χ3v) is 3.15. The van der Waals surface area contributed by atoms with Crippen molar-refractivity contribution >= 4 is 12.0 Å². The van der Waals surface area contributed by atoms with E-state index in [-0.39, 0.29) is 17.9 Å². The number of hydrogen-bond donors (Lipinski definition) is 1. The minimum absolute atomic E-state index is 0.158. The Balaban J connectivity index is 2.11. The van der Waals surface area contributed by atoms with Crippen LogP contribution in [0, 0.1) is 5.92 Å². The molecule has 0 aromatic carbocycles. The predicted octanol–water partition coefficient (Wildman–Crippen LogP) is 2.16. The lowest BCUT2D eigenvalue weighted by atomic mass is 9.85. The van der Waals surface area contributed by atoms with E-state index in [1.54, 1.807) is 11.9 Å². The summed E-state index contributed by atoms with van der Waals surface area (Å²) in [7, 11) is 1.71. The third-order valence-electron chi connectivity index (χ3n) is 3.15. The minimum Gasteiger partial charge on any atom is -0.444 e. The van der Waals surface area contributed by atoms with Gasteiger partial charge in [-0.1, -0.05) is 6.42 Å². The highest BCUT2D eigenvalue weighted by molar-refractivity contribution is 5.79. The van der Waals surface area contributed by atoms with Gasteiger partial charge in [-0.25, -0.2) is 4.79 Å². The molecule has 1 rings (SSSR count). The summed E-state index contributed by atoms with van der Waals surface area (Å²) in [6.07, 6.45) is 3.62. The van der Waals surface area contributed by atoms with Crippen molar-refractivity contribution in [1.29, 1.82) is 0 Å². The summed E-state index contributed by atoms with van der Waals surface area (Å²) in [5, 5.41) is 2.91. The lowest BCUT2D eigenvalue weighted by molar-refractivity contribution is -0.127. The summed E-state index contributed by atoms with van der Waals surface area (Å²) < 4.78 is 5.24. The second kappa shape index (κ2) is 6.78. The molecule has 1 saturated carbocycles. The molecule has 1 N–H and O–H groups in total. The molecule has 0 atom stereocenters. The van der Waals surface area contributed by atoms with E-state index in [1.165, 1.54) is 6.42 Å². The average Bonchev–Trinajstić information content (AvgIpc) is 2.19. The van der Waals surface area contributed by atoms with E-state index in [0.29, 0.717) is 13.1 Å². The highest BCUT2D eigenvalue weighted by Gasteiger charge is 2.24. The zero-order chi connectivity index (χ0) is 14.5. The van der Waals surface area contributed by atoms with Gasteiger partial charge in [-0.05, 0) is 40.0 Å². The van der Waals surface area contributed by atoms with Crippen LogP contribution in [0.3, 0.4) is 0 Å². The molecule has 0 spiro atoms. The molecule has 0 bridgehead atoms. The fraction of sp³-hybridized carbons (Fsp3) is 0.857. The number of amides is 2. The van der Waals surface area contributed by atoms with Gasteiger partial charge < -0.3 is 15.0 Å². The topological polar surface area (TPSA) is 58.6 Å². The van der Waals surface area contributed by atoms with Gasteiger partial charge in [0.05, 0.1) is 0 Å². The number of hydrogen-bond acceptors (Lipinski definition) is 3. The summed E-state index contributed by atoms with van der Waals surface area (Å²) in [6, 6.07) is 0. The Labute approximate surface area is 115 Å². The largest absolute Gasteiger partial charge is 0.444 e. The van der Waals surface area contributed by atoms with Crippen LogP contribution < -0.4 is 5.32 Å². The Bertz CT molecular complexity index is 319. The summed E-state index contributed by atoms with van der Waals surface area (Å²) >= 11 is 0. The van der Waals surface area contributed by atoms with Crippen LogP contribution >= 0.6 is 0 Å². The van der Waals surface area contributed by atoms with Crippen molar-refractivity contribution in [2.75, 3.05) is 20.1 Å². The van der Waals surface area contributed by atoms with E-state index < -0.39 is 5.60 Å². The molecule has 110 valence electrons. The van der Waals surface area contributed by atoms with Gasteiger partial charge >= 0.3 is 6.09 Å². The number of nitrogens with zero attached hydrogens (tertiary/aromatic N) is 1. The fourth-order valence-electron chi connectivity index (χ4n) is 1.77. The molecule has 5 heteroatoms. The Morgan fingerprint density at radius 3 is 2.42 bits per heavy atom. The Morgan fingerprint density at radius 2 is 1.95 bits per heavy atom. The van der Waals surface area contributed by atoms with Crippen LogP contribution in [0.15, 0.2) is 0 Å². The minimum atomic E-state index is -0.468. The summed E-state index contributed by atoms with van der Waals surface area (Å²) in [4.78, 5) is 24.8. The van der Waals surface area contributed by atoms with Gasteiger partial charge in [-0.3, -0.25) is 4.79 Å². The number of nitrogens with one attached hydrogen (secondary N) is 1. The molecular formula is C14H26N2O3. The van der Waals surface area contributed by atoms with Gasteiger partial charge in [-0.2, -0.15) is 0 Å². The van der Waals surface area contributed by atoms with Crippen LogP contribution in [0.5, 0.6) is 0 Å². The highest BCUT2D eigenvalue weighted by atomic mass is 16.6. The molecule has 0 saturated heterocycles. The maximum absolute atomic E-state index is 11.7. The van der Waals surface area contributed by atoms with Crippen molar-refractivity contribution in [3.63, 3.8) is 0 Å². The van der Waals surface area contributed by atoms with Crippen LogP contribution in [-0.4, -0.2) is 42.6 Å². The van der Waals surface area contributed by atoms with Crippen molar-refractivity contribution in [2.45, 2.75) is 52.1 Å². The first kappa shape index (κ1) is 15.8. The van der Waals surface area contributed by atoms with E-state index in [0.717, 1.165) is 19.3 Å². The van der Waals surface area contributed by atoms with E-state index in [1.807, 2.05) is 20.8 Å². The maximum Gasteiger partial charge on any atom is 0.410 e. The number of carbonyl (C=O) groups is 2. The van der Waals surface area contributed by atoms with Gasteiger partial charge in [0.15, 0.2) is 0 Å². The highest BCUT2D eigenvalue weighted by Crippen LogP contribution is 2.26. The third kappa shape index (κ3) is 5.94. The SMILES string of the molecule is CN(CCCNC(=O)C1CCC1)C(=O)OC(C)(C)C. The molecule has 1 aliphatic rings. The fourth-order valence-corrected chi connectivity index (χ4v) is 1.77. The number of rotatable bonds is 5. The smallest absolute Gasteiger partial charge is 0.410 e. The zero-order valence-corrected chi connectivity index (χ0v) is 12.5. The number of ether oxygens (including phenoxy) is 1. The summed E-state index contributed by atoms with van der Waals surface area (Å²) in [6.45, 7) is 6.73. The van der Waals surface area contributed by atoms with Gasteiger partial charge in [0.25, 0.3) is 0 Å². The first-order valence-electron chi connectivity index (χ1n) is 7.01. The Kier molecular flexibility index (Phi) is 5.63. The van der Waals surface area contributed by atoms with Gasteiger partial charge in [0.1, 0.15) is 5.60 Å². The molecule has 0 aliphatic heterocycles. The van der Waals surface area contributed by atoms with E-state index in [9.17, 15) is 9.59 Å². The van der Waals surface area contributed by atoms with Crippen molar-refractivity contribution in [2.24, 2.45) is 5.92 Å². The number of carbonyl (C=O) groups excluding carboxylic acids is 2. The van der Waals surface area contributed by atoms with Crippen molar-refractivity contribution in [3.8, 4) is 0 Å². The van der Waals surface area contributed by atoms with Crippen molar-refractivity contribution < 1.29 is 14.3 Å². The van der Waals surface area contributed by atoms with Crippen molar-refractivity contribution in [3.05, 3.63) is 0 Å². The maximum atomic E-state index is 11.7. The van der Waals surface area contributed by atoms with Crippen molar-refractivity contribution in [1.82, 2.24) is 10.2 Å². The lowest BCUT2D eigenvalue weighted by Gasteiger charge is -2.25. The van der Waals surface area contributed by atoms with Crippen LogP contribution in [-0.2, 0) is 9.53 Å². The molecule has 0 heterocycles. The second-order valence-corrected chi connectivity index (χ2v) is 6.17. The van der Waals surface area contributed by atoms with Crippen LogP contribution in [0.1, 0.15) is 46.5 Å². The first-order chi connectivity index (χ1) is 8.79. The molecule has 0 aromatic heterocycles. The van der Waals surface area contributed by atoms with E-state index in [2.05, 4.69) is 5.32 Å². The van der Waals surface area contributed by atoms with E-state index >= 15 is 0 Å². The summed E-state index contributed by atoms with van der Waals surface area (Å²) in [5.74, 6) is 0.384. The van der Waals surface area contributed by atoms with Gasteiger partial charge in [0.2, 0.25) is 5.91 Å². The zero-order valence-electron chi connectivity index (χ0n) is 12.5. The molecule has 19 heavy (non-hydrogen) atoms. The monoisotopic (exact) mass is 270 g/mol. The molecule has 5 nitrogen and oxygen atoms in total. The summed E-state index contributed by atoms with van der Waals surface area (Å²) in [5.41, 5.74) is -0.468. The van der Waals surface area contributed by atoms with E-state index in [4.69, 9.17) is 4.74 Å². The molecule has 1 aliphatic carbocycles. The quantitative estimate of drug-likeness (QED) is 0.779. The van der Waals surface area contributed by atoms with Crippen LogP contribution in [0.25, 0.3) is 0 Å². The predicted molar refractivity (Wildman–Crippen MR) is 73.8 cm³/mol. The van der Waals surface area contributed by atoms with Gasteiger partial charge in [0, 0.05) is 26.1 Å². The lowest BCUT2D eigenvalue weighted by Crippen LogP contribution is -2.38. The standard InChI is InChI=1S/C14H26N2O3/c1-14(2,3)19-13(18)16(4)10-6-9-15-12(17)11-7-5-8-11/h11H,5-10H2,1-4H3,(H,15,17). The van der Waals surface area contributed by atoms with Crippen LogP contribution in [0.4, 0.5) is 4.79 Å². The molecule has 0 aromatic rings. The second-order valence-electron chi connectivity index (χ2n) is 6.17. The molecule has 2 amide bonds. The average molecular weight is 270 g/mol. The Morgan fingerprint density at radius 1 is 1.32 bits per heavy atom. The molecule has 1 fully saturated rings. The first-order valence-corrected chi connectivity index (χ1v) is 7.01. The molecular weight excluding hydrogens is 244 g/mol. The van der Waals surface area contributed by atoms with Gasteiger partial charge in [-0.15, -0.1) is 0 Å². The normalized spacial score (nSPS) is 15.6. The molecule has 0 unspecified atom stereocenters. The van der Waals surface area contributed by atoms with Crippen LogP contribution in [0.2, 0.25) is 0 Å². The molecule has 0 radical (unpaired) electrons.